The monoisotopic (exact) mass is 322 g/mol. The third kappa shape index (κ3) is 2.96. The lowest BCUT2D eigenvalue weighted by molar-refractivity contribution is -0.117. The van der Waals surface area contributed by atoms with E-state index in [9.17, 15) is 4.79 Å². The van der Waals surface area contributed by atoms with E-state index in [0.29, 0.717) is 29.4 Å². The standard InChI is InChI=1S/C19H18N2O3/c1-3-9-21-16-8-7-14(20)12-17(16)24-18(19(21)22)11-13-5-4-6-15(10-13)23-2/h3-8,10-12H,1,9,20H2,2H3/b18-11+. The number of anilines is 2. The number of fused-ring (bicyclic) bond motifs is 1. The van der Waals surface area contributed by atoms with Crippen molar-refractivity contribution in [3.8, 4) is 11.5 Å². The number of carbonyl (C=O) groups excluding carboxylic acids is 1. The summed E-state index contributed by atoms with van der Waals surface area (Å²) in [5.74, 6) is 1.25. The van der Waals surface area contributed by atoms with E-state index in [1.54, 1.807) is 42.4 Å². The van der Waals surface area contributed by atoms with Crippen LogP contribution in [0.15, 0.2) is 60.9 Å². The van der Waals surface area contributed by atoms with Gasteiger partial charge in [0.15, 0.2) is 11.5 Å². The van der Waals surface area contributed by atoms with Crippen molar-refractivity contribution in [3.63, 3.8) is 0 Å². The van der Waals surface area contributed by atoms with Crippen LogP contribution in [0.1, 0.15) is 5.56 Å². The van der Waals surface area contributed by atoms with E-state index in [1.165, 1.54) is 0 Å². The van der Waals surface area contributed by atoms with E-state index in [0.717, 1.165) is 5.56 Å². The minimum Gasteiger partial charge on any atom is -0.497 e. The van der Waals surface area contributed by atoms with Crippen LogP contribution in [0.4, 0.5) is 11.4 Å². The molecular formula is C19H18N2O3. The Balaban J connectivity index is 2.04. The van der Waals surface area contributed by atoms with E-state index in [2.05, 4.69) is 6.58 Å². The summed E-state index contributed by atoms with van der Waals surface area (Å²) in [6, 6.07) is 12.6. The Bertz CT molecular complexity index is 827. The molecular weight excluding hydrogens is 304 g/mol. The zero-order chi connectivity index (χ0) is 17.1. The first kappa shape index (κ1) is 15.7. The molecule has 3 rings (SSSR count). The predicted octanol–water partition coefficient (Wildman–Crippen LogP) is 3.23. The molecule has 0 saturated carbocycles. The molecule has 0 atom stereocenters. The lowest BCUT2D eigenvalue weighted by Gasteiger charge is -2.29. The summed E-state index contributed by atoms with van der Waals surface area (Å²) in [5, 5.41) is 0. The highest BCUT2D eigenvalue weighted by Crippen LogP contribution is 2.37. The second-order valence-corrected chi connectivity index (χ2v) is 5.32. The van der Waals surface area contributed by atoms with E-state index in [1.807, 2.05) is 24.3 Å². The zero-order valence-corrected chi connectivity index (χ0v) is 13.4. The number of hydrogen-bond acceptors (Lipinski definition) is 4. The van der Waals surface area contributed by atoms with Crippen LogP contribution in [0, 0.1) is 0 Å². The minimum atomic E-state index is -0.227. The molecule has 2 N–H and O–H groups in total. The van der Waals surface area contributed by atoms with Crippen LogP contribution in [0.3, 0.4) is 0 Å². The van der Waals surface area contributed by atoms with Gasteiger partial charge in [-0.25, -0.2) is 0 Å². The quantitative estimate of drug-likeness (QED) is 0.533. The summed E-state index contributed by atoms with van der Waals surface area (Å²) in [6.45, 7) is 4.10. The molecule has 24 heavy (non-hydrogen) atoms. The number of methoxy groups -OCH3 is 1. The van der Waals surface area contributed by atoms with Gasteiger partial charge in [-0.05, 0) is 35.9 Å². The number of ether oxygens (including phenoxy) is 2. The molecule has 0 spiro atoms. The SMILES string of the molecule is C=CCN1C(=O)/C(=C\c2cccc(OC)c2)Oc2cc(N)ccc21. The number of rotatable bonds is 4. The van der Waals surface area contributed by atoms with Gasteiger partial charge in [0.1, 0.15) is 5.75 Å². The van der Waals surface area contributed by atoms with Gasteiger partial charge in [-0.2, -0.15) is 0 Å². The Morgan fingerprint density at radius 1 is 1.29 bits per heavy atom. The first-order valence-corrected chi connectivity index (χ1v) is 7.48. The zero-order valence-electron chi connectivity index (χ0n) is 13.4. The van der Waals surface area contributed by atoms with Gasteiger partial charge in [-0.1, -0.05) is 18.2 Å². The van der Waals surface area contributed by atoms with Gasteiger partial charge in [0.2, 0.25) is 0 Å². The lowest BCUT2D eigenvalue weighted by atomic mass is 10.1. The maximum absolute atomic E-state index is 12.7. The van der Waals surface area contributed by atoms with Crippen molar-refractivity contribution in [2.45, 2.75) is 0 Å². The van der Waals surface area contributed by atoms with Crippen molar-refractivity contribution in [2.75, 3.05) is 24.3 Å². The molecule has 0 unspecified atom stereocenters. The molecule has 2 aromatic carbocycles. The van der Waals surface area contributed by atoms with Gasteiger partial charge in [0.25, 0.3) is 5.91 Å². The van der Waals surface area contributed by atoms with Gasteiger partial charge < -0.3 is 15.2 Å². The van der Waals surface area contributed by atoms with Crippen LogP contribution in [0.25, 0.3) is 6.08 Å². The van der Waals surface area contributed by atoms with Crippen LogP contribution in [0.5, 0.6) is 11.5 Å². The predicted molar refractivity (Wildman–Crippen MR) is 95.0 cm³/mol. The molecule has 0 aliphatic carbocycles. The second kappa shape index (κ2) is 6.50. The maximum Gasteiger partial charge on any atom is 0.294 e. The fourth-order valence-electron chi connectivity index (χ4n) is 2.52. The summed E-state index contributed by atoms with van der Waals surface area (Å²) in [4.78, 5) is 14.4. The summed E-state index contributed by atoms with van der Waals surface area (Å²) < 4.78 is 11.0. The van der Waals surface area contributed by atoms with Crippen molar-refractivity contribution in [2.24, 2.45) is 0 Å². The largest absolute Gasteiger partial charge is 0.497 e. The van der Waals surface area contributed by atoms with Gasteiger partial charge in [0, 0.05) is 18.3 Å². The van der Waals surface area contributed by atoms with Crippen molar-refractivity contribution in [1.29, 1.82) is 0 Å². The Labute approximate surface area is 140 Å². The average molecular weight is 322 g/mol. The third-order valence-electron chi connectivity index (χ3n) is 3.65. The first-order valence-electron chi connectivity index (χ1n) is 7.48. The fraction of sp³-hybridized carbons (Fsp3) is 0.105. The number of nitrogens with two attached hydrogens (primary N) is 1. The number of nitrogen functional groups attached to an aromatic ring is 1. The molecule has 5 nitrogen and oxygen atoms in total. The van der Waals surface area contributed by atoms with Crippen LogP contribution in [-0.4, -0.2) is 19.6 Å². The molecule has 1 aliphatic heterocycles. The molecule has 0 saturated heterocycles. The van der Waals surface area contributed by atoms with E-state index < -0.39 is 0 Å². The fourth-order valence-corrected chi connectivity index (χ4v) is 2.52. The average Bonchev–Trinajstić information content (AvgIpc) is 2.58. The molecule has 0 radical (unpaired) electrons. The number of nitrogens with zero attached hydrogens (tertiary/aromatic N) is 1. The van der Waals surface area contributed by atoms with Crippen molar-refractivity contribution in [1.82, 2.24) is 0 Å². The van der Waals surface area contributed by atoms with Crippen LogP contribution in [-0.2, 0) is 4.79 Å². The van der Waals surface area contributed by atoms with Crippen LogP contribution in [0.2, 0.25) is 0 Å². The Kier molecular flexibility index (Phi) is 4.24. The Morgan fingerprint density at radius 3 is 2.88 bits per heavy atom. The number of hydrogen-bond donors (Lipinski definition) is 1. The molecule has 0 fully saturated rings. The number of benzene rings is 2. The molecule has 2 aromatic rings. The van der Waals surface area contributed by atoms with Gasteiger partial charge in [-0.15, -0.1) is 6.58 Å². The van der Waals surface area contributed by atoms with E-state index in [4.69, 9.17) is 15.2 Å². The molecule has 1 amide bonds. The van der Waals surface area contributed by atoms with E-state index >= 15 is 0 Å². The van der Waals surface area contributed by atoms with Crippen LogP contribution < -0.4 is 20.1 Å². The van der Waals surface area contributed by atoms with Gasteiger partial charge in [-0.3, -0.25) is 9.69 Å². The normalized spacial score (nSPS) is 15.0. The topological polar surface area (TPSA) is 64.8 Å². The van der Waals surface area contributed by atoms with Crippen molar-refractivity contribution >= 4 is 23.4 Å². The molecule has 0 bridgehead atoms. The summed E-state index contributed by atoms with van der Waals surface area (Å²) in [5.41, 5.74) is 7.89. The summed E-state index contributed by atoms with van der Waals surface area (Å²) in [6.07, 6.45) is 3.36. The minimum absolute atomic E-state index is 0.225. The highest BCUT2D eigenvalue weighted by molar-refractivity contribution is 6.10. The third-order valence-corrected chi connectivity index (χ3v) is 3.65. The number of carbonyl (C=O) groups is 1. The molecule has 0 aromatic heterocycles. The maximum atomic E-state index is 12.7. The Morgan fingerprint density at radius 2 is 2.12 bits per heavy atom. The molecule has 122 valence electrons. The summed E-state index contributed by atoms with van der Waals surface area (Å²) in [7, 11) is 1.60. The smallest absolute Gasteiger partial charge is 0.294 e. The second-order valence-electron chi connectivity index (χ2n) is 5.32. The summed E-state index contributed by atoms with van der Waals surface area (Å²) >= 11 is 0. The van der Waals surface area contributed by atoms with Crippen molar-refractivity contribution < 1.29 is 14.3 Å². The molecule has 1 aliphatic rings. The lowest BCUT2D eigenvalue weighted by Crippen LogP contribution is -2.37. The molecule has 1 heterocycles. The van der Waals surface area contributed by atoms with Gasteiger partial charge >= 0.3 is 0 Å². The first-order chi connectivity index (χ1) is 11.6. The highest BCUT2D eigenvalue weighted by atomic mass is 16.5. The van der Waals surface area contributed by atoms with E-state index in [-0.39, 0.29) is 11.7 Å². The van der Waals surface area contributed by atoms with Crippen LogP contribution >= 0.6 is 0 Å². The van der Waals surface area contributed by atoms with Gasteiger partial charge in [0.05, 0.1) is 12.8 Å². The highest BCUT2D eigenvalue weighted by Gasteiger charge is 2.29. The molecule has 5 heteroatoms. The van der Waals surface area contributed by atoms with Crippen molar-refractivity contribution in [3.05, 3.63) is 66.4 Å². The number of amides is 1. The Hall–Kier alpha value is -3.21.